The summed E-state index contributed by atoms with van der Waals surface area (Å²) < 4.78 is 5.51. The minimum Gasteiger partial charge on any atom is -0.492 e. The van der Waals surface area contributed by atoms with Gasteiger partial charge in [0.05, 0.1) is 0 Å². The van der Waals surface area contributed by atoms with Gasteiger partial charge in [-0.25, -0.2) is 0 Å². The lowest BCUT2D eigenvalue weighted by atomic mass is 10.3. The molecule has 0 spiro atoms. The lowest BCUT2D eigenvalue weighted by Crippen LogP contribution is -2.23. The molecule has 0 saturated carbocycles. The fourth-order valence-corrected chi connectivity index (χ4v) is 1.08. The van der Waals surface area contributed by atoms with Crippen LogP contribution in [-0.2, 0) is 0 Å². The number of hydrogen-bond donors (Lipinski definition) is 1. The Morgan fingerprint density at radius 2 is 2.14 bits per heavy atom. The Morgan fingerprint density at radius 1 is 1.43 bits per heavy atom. The Kier molecular flexibility index (Phi) is 3.77. The van der Waals surface area contributed by atoms with Gasteiger partial charge in [-0.3, -0.25) is 0 Å². The fourth-order valence-electron chi connectivity index (χ4n) is 1.08. The van der Waals surface area contributed by atoms with Crippen LogP contribution in [-0.4, -0.2) is 26.7 Å². The van der Waals surface area contributed by atoms with Gasteiger partial charge < -0.3 is 15.4 Å². The van der Waals surface area contributed by atoms with Crippen molar-refractivity contribution in [3.63, 3.8) is 0 Å². The summed E-state index contributed by atoms with van der Waals surface area (Å²) in [6, 6.07) is 8.03. The highest BCUT2D eigenvalue weighted by Gasteiger charge is 1.99. The molecule has 0 saturated heterocycles. The van der Waals surface area contributed by atoms with Crippen molar-refractivity contribution in [2.24, 2.45) is 5.73 Å². The number of rotatable bonds is 4. The van der Waals surface area contributed by atoms with Crippen LogP contribution >= 0.6 is 0 Å². The molecule has 0 radical (unpaired) electrons. The summed E-state index contributed by atoms with van der Waals surface area (Å²) in [4.78, 5) is 2.04. The normalized spacial score (nSPS) is 12.3. The summed E-state index contributed by atoms with van der Waals surface area (Å²) >= 11 is 0. The number of ether oxygens (including phenoxy) is 1. The van der Waals surface area contributed by atoms with E-state index in [4.69, 9.17) is 10.5 Å². The maximum Gasteiger partial charge on any atom is 0.121 e. The molecule has 0 bridgehead atoms. The molecule has 1 atom stereocenters. The molecule has 0 aliphatic rings. The van der Waals surface area contributed by atoms with Gasteiger partial charge >= 0.3 is 0 Å². The highest BCUT2D eigenvalue weighted by molar-refractivity contribution is 5.49. The van der Waals surface area contributed by atoms with Crippen LogP contribution in [0.2, 0.25) is 0 Å². The lowest BCUT2D eigenvalue weighted by molar-refractivity contribution is 0.296. The van der Waals surface area contributed by atoms with Crippen molar-refractivity contribution in [3.05, 3.63) is 24.3 Å². The standard InChI is InChI=1S/C11H18N2O/c1-9(12)8-14-11-6-4-5-10(7-11)13(2)3/h4-7,9H,8,12H2,1-3H3. The van der Waals surface area contributed by atoms with E-state index in [0.29, 0.717) is 6.61 Å². The Hall–Kier alpha value is -1.22. The van der Waals surface area contributed by atoms with Crippen LogP contribution in [0.3, 0.4) is 0 Å². The summed E-state index contributed by atoms with van der Waals surface area (Å²) in [5, 5.41) is 0. The highest BCUT2D eigenvalue weighted by Crippen LogP contribution is 2.19. The van der Waals surface area contributed by atoms with Gasteiger partial charge in [0.2, 0.25) is 0 Å². The third-order valence-electron chi connectivity index (χ3n) is 1.85. The first-order valence-electron chi connectivity index (χ1n) is 4.75. The van der Waals surface area contributed by atoms with E-state index in [1.54, 1.807) is 0 Å². The number of anilines is 1. The average Bonchev–Trinajstić information content (AvgIpc) is 2.15. The minimum atomic E-state index is 0.0676. The topological polar surface area (TPSA) is 38.5 Å². The molecule has 1 unspecified atom stereocenters. The van der Waals surface area contributed by atoms with Crippen molar-refractivity contribution < 1.29 is 4.74 Å². The molecule has 0 heterocycles. The number of nitrogens with two attached hydrogens (primary N) is 1. The van der Waals surface area contributed by atoms with Crippen LogP contribution in [0.15, 0.2) is 24.3 Å². The second-order valence-corrected chi connectivity index (χ2v) is 3.68. The van der Waals surface area contributed by atoms with E-state index in [9.17, 15) is 0 Å². The maximum atomic E-state index is 5.60. The van der Waals surface area contributed by atoms with Crippen LogP contribution in [0.4, 0.5) is 5.69 Å². The van der Waals surface area contributed by atoms with Crippen molar-refractivity contribution in [2.75, 3.05) is 25.6 Å². The van der Waals surface area contributed by atoms with Crippen LogP contribution in [0.25, 0.3) is 0 Å². The first-order chi connectivity index (χ1) is 6.59. The van der Waals surface area contributed by atoms with Crippen molar-refractivity contribution in [2.45, 2.75) is 13.0 Å². The summed E-state index contributed by atoms with van der Waals surface area (Å²) in [6.07, 6.45) is 0. The van der Waals surface area contributed by atoms with Gasteiger partial charge in [-0.15, -0.1) is 0 Å². The van der Waals surface area contributed by atoms with E-state index < -0.39 is 0 Å². The number of hydrogen-bond acceptors (Lipinski definition) is 3. The molecular formula is C11H18N2O. The minimum absolute atomic E-state index is 0.0676. The smallest absolute Gasteiger partial charge is 0.121 e. The van der Waals surface area contributed by atoms with E-state index in [1.165, 1.54) is 0 Å². The molecule has 0 aromatic heterocycles. The molecule has 0 fully saturated rings. The predicted molar refractivity (Wildman–Crippen MR) is 59.9 cm³/mol. The van der Waals surface area contributed by atoms with Crippen molar-refractivity contribution in [1.29, 1.82) is 0 Å². The Balaban J connectivity index is 2.64. The molecule has 78 valence electrons. The Morgan fingerprint density at radius 3 is 2.71 bits per heavy atom. The molecule has 1 rings (SSSR count). The van der Waals surface area contributed by atoms with Gasteiger partial charge in [-0.05, 0) is 19.1 Å². The SMILES string of the molecule is CC(N)COc1cccc(N(C)C)c1. The van der Waals surface area contributed by atoms with E-state index in [0.717, 1.165) is 11.4 Å². The van der Waals surface area contributed by atoms with Gasteiger partial charge in [0.25, 0.3) is 0 Å². The zero-order valence-corrected chi connectivity index (χ0v) is 9.03. The van der Waals surface area contributed by atoms with Crippen molar-refractivity contribution >= 4 is 5.69 Å². The van der Waals surface area contributed by atoms with E-state index in [-0.39, 0.29) is 6.04 Å². The molecule has 0 amide bonds. The first-order valence-corrected chi connectivity index (χ1v) is 4.75. The second-order valence-electron chi connectivity index (χ2n) is 3.68. The monoisotopic (exact) mass is 194 g/mol. The largest absolute Gasteiger partial charge is 0.492 e. The van der Waals surface area contributed by atoms with Crippen LogP contribution in [0.5, 0.6) is 5.75 Å². The zero-order chi connectivity index (χ0) is 10.6. The quantitative estimate of drug-likeness (QED) is 0.789. The molecule has 1 aromatic carbocycles. The van der Waals surface area contributed by atoms with Crippen molar-refractivity contribution in [3.8, 4) is 5.75 Å². The zero-order valence-electron chi connectivity index (χ0n) is 9.03. The molecule has 14 heavy (non-hydrogen) atoms. The van der Waals surface area contributed by atoms with Crippen LogP contribution in [0.1, 0.15) is 6.92 Å². The van der Waals surface area contributed by atoms with Crippen LogP contribution < -0.4 is 15.4 Å². The van der Waals surface area contributed by atoms with Crippen LogP contribution in [0, 0.1) is 0 Å². The third kappa shape index (κ3) is 3.26. The summed E-state index contributed by atoms with van der Waals surface area (Å²) in [5.74, 6) is 0.869. The molecular weight excluding hydrogens is 176 g/mol. The fraction of sp³-hybridized carbons (Fsp3) is 0.455. The molecule has 3 heteroatoms. The number of benzene rings is 1. The molecule has 2 N–H and O–H groups in total. The highest BCUT2D eigenvalue weighted by atomic mass is 16.5. The second kappa shape index (κ2) is 4.86. The Labute approximate surface area is 85.5 Å². The molecule has 1 aromatic rings. The first kappa shape index (κ1) is 10.9. The molecule has 0 aliphatic carbocycles. The average molecular weight is 194 g/mol. The summed E-state index contributed by atoms with van der Waals surface area (Å²) in [5.41, 5.74) is 6.73. The lowest BCUT2D eigenvalue weighted by Gasteiger charge is -2.14. The van der Waals surface area contributed by atoms with Gasteiger partial charge in [-0.2, -0.15) is 0 Å². The molecule has 3 nitrogen and oxygen atoms in total. The van der Waals surface area contributed by atoms with Gasteiger partial charge in [0.1, 0.15) is 12.4 Å². The third-order valence-corrected chi connectivity index (χ3v) is 1.85. The van der Waals surface area contributed by atoms with Gasteiger partial charge in [0.15, 0.2) is 0 Å². The predicted octanol–water partition coefficient (Wildman–Crippen LogP) is 1.48. The maximum absolute atomic E-state index is 5.60. The van der Waals surface area contributed by atoms with E-state index >= 15 is 0 Å². The van der Waals surface area contributed by atoms with Gasteiger partial charge in [0, 0.05) is 31.9 Å². The summed E-state index contributed by atoms with van der Waals surface area (Å²) in [6.45, 7) is 2.48. The number of nitrogens with zero attached hydrogens (tertiary/aromatic N) is 1. The molecule has 0 aliphatic heterocycles. The summed E-state index contributed by atoms with van der Waals surface area (Å²) in [7, 11) is 4.01. The van der Waals surface area contributed by atoms with Crippen molar-refractivity contribution in [1.82, 2.24) is 0 Å². The van der Waals surface area contributed by atoms with Gasteiger partial charge in [-0.1, -0.05) is 6.07 Å². The van der Waals surface area contributed by atoms with E-state index in [1.807, 2.05) is 50.2 Å². The Bertz CT molecular complexity index is 284. The van der Waals surface area contributed by atoms with E-state index in [2.05, 4.69) is 0 Å².